The van der Waals surface area contributed by atoms with E-state index in [2.05, 4.69) is 5.32 Å². The van der Waals surface area contributed by atoms with Gasteiger partial charge in [0.15, 0.2) is 6.10 Å². The van der Waals surface area contributed by atoms with Gasteiger partial charge in [-0.2, -0.15) is 0 Å². The lowest BCUT2D eigenvalue weighted by molar-refractivity contribution is -0.155. The second-order valence-electron chi connectivity index (χ2n) is 4.93. The molecule has 6 nitrogen and oxygen atoms in total. The molecule has 6 heteroatoms. The van der Waals surface area contributed by atoms with Crippen LogP contribution in [0.25, 0.3) is 6.08 Å². The largest absolute Gasteiger partial charge is 0.448 e. The van der Waals surface area contributed by atoms with E-state index in [0.717, 1.165) is 5.56 Å². The minimum absolute atomic E-state index is 0.0166. The summed E-state index contributed by atoms with van der Waals surface area (Å²) in [5.74, 6) is -1.50. The number of likely N-dealkylation sites (N-methyl/N-ethyl adjacent to an activating group) is 1. The van der Waals surface area contributed by atoms with Crippen molar-refractivity contribution in [3.05, 3.63) is 41.6 Å². The van der Waals surface area contributed by atoms with Crippen molar-refractivity contribution in [3.8, 4) is 0 Å². The molecule has 0 aliphatic carbocycles. The highest BCUT2D eigenvalue weighted by Gasteiger charge is 2.22. The van der Waals surface area contributed by atoms with E-state index >= 15 is 0 Å². The highest BCUT2D eigenvalue weighted by Crippen LogP contribution is 2.08. The van der Waals surface area contributed by atoms with Gasteiger partial charge in [-0.25, -0.2) is 4.79 Å². The molecule has 0 aliphatic rings. The van der Waals surface area contributed by atoms with E-state index in [0.29, 0.717) is 0 Å². The molecule has 0 saturated heterocycles. The molecule has 1 aromatic rings. The standard InChI is InChI=1S/C16H20N2O4/c1-11(15(20)18(3)4)22-16(21)14(17-12(2)19)10-13-8-6-5-7-9-13/h5-11H,1-4H3,(H,17,19)/b14-10-/t11-/m0/s1. The van der Waals surface area contributed by atoms with Crippen LogP contribution in [0.5, 0.6) is 0 Å². The van der Waals surface area contributed by atoms with Crippen LogP contribution in [0.1, 0.15) is 19.4 Å². The molecule has 0 unspecified atom stereocenters. The molecule has 2 amide bonds. The quantitative estimate of drug-likeness (QED) is 0.655. The van der Waals surface area contributed by atoms with Crippen molar-refractivity contribution in [2.45, 2.75) is 20.0 Å². The Morgan fingerprint density at radius 2 is 1.77 bits per heavy atom. The van der Waals surface area contributed by atoms with Crippen LogP contribution in [-0.2, 0) is 19.1 Å². The zero-order chi connectivity index (χ0) is 16.7. The van der Waals surface area contributed by atoms with Gasteiger partial charge in [0, 0.05) is 21.0 Å². The SMILES string of the molecule is CC(=O)N/C(=C\c1ccccc1)C(=O)O[C@@H](C)C(=O)N(C)C. The molecule has 1 rings (SSSR count). The Morgan fingerprint density at radius 1 is 1.18 bits per heavy atom. The van der Waals surface area contributed by atoms with Crippen LogP contribution in [0.15, 0.2) is 36.0 Å². The molecule has 1 atom stereocenters. The Balaban J connectivity index is 2.93. The van der Waals surface area contributed by atoms with Gasteiger partial charge in [0.1, 0.15) is 5.70 Å². The zero-order valence-electron chi connectivity index (χ0n) is 13.1. The molecule has 0 spiro atoms. The number of nitrogens with zero attached hydrogens (tertiary/aromatic N) is 1. The number of hydrogen-bond donors (Lipinski definition) is 1. The number of nitrogens with one attached hydrogen (secondary N) is 1. The smallest absolute Gasteiger partial charge is 0.355 e. The maximum atomic E-state index is 12.1. The van der Waals surface area contributed by atoms with Crippen LogP contribution in [0.2, 0.25) is 0 Å². The van der Waals surface area contributed by atoms with E-state index < -0.39 is 18.0 Å². The van der Waals surface area contributed by atoms with Gasteiger partial charge in [0.05, 0.1) is 0 Å². The second kappa shape index (κ2) is 7.97. The van der Waals surface area contributed by atoms with Gasteiger partial charge in [-0.15, -0.1) is 0 Å². The average molecular weight is 304 g/mol. The third-order valence-electron chi connectivity index (χ3n) is 2.71. The molecule has 22 heavy (non-hydrogen) atoms. The second-order valence-corrected chi connectivity index (χ2v) is 4.93. The molecule has 1 aromatic carbocycles. The van der Waals surface area contributed by atoms with Crippen LogP contribution in [-0.4, -0.2) is 42.9 Å². The molecule has 0 bridgehead atoms. The summed E-state index contributed by atoms with van der Waals surface area (Å²) in [5, 5.41) is 2.42. The molecule has 0 saturated carbocycles. The van der Waals surface area contributed by atoms with Crippen LogP contribution in [0, 0.1) is 0 Å². The minimum Gasteiger partial charge on any atom is -0.448 e. The van der Waals surface area contributed by atoms with Gasteiger partial charge in [0.25, 0.3) is 5.91 Å². The maximum absolute atomic E-state index is 12.1. The molecule has 0 aromatic heterocycles. The van der Waals surface area contributed by atoms with Gasteiger partial charge in [-0.05, 0) is 18.6 Å². The summed E-state index contributed by atoms with van der Waals surface area (Å²) < 4.78 is 5.10. The Morgan fingerprint density at radius 3 is 2.27 bits per heavy atom. The first-order chi connectivity index (χ1) is 10.3. The van der Waals surface area contributed by atoms with Crippen LogP contribution < -0.4 is 5.32 Å². The molecule has 0 radical (unpaired) electrons. The molecular formula is C16H20N2O4. The first-order valence-corrected chi connectivity index (χ1v) is 6.77. The molecule has 118 valence electrons. The van der Waals surface area contributed by atoms with Gasteiger partial charge in [-0.3, -0.25) is 9.59 Å². The van der Waals surface area contributed by atoms with Crippen molar-refractivity contribution in [2.75, 3.05) is 14.1 Å². The lowest BCUT2D eigenvalue weighted by atomic mass is 10.2. The lowest BCUT2D eigenvalue weighted by Crippen LogP contribution is -2.37. The first kappa shape index (κ1) is 17.4. The van der Waals surface area contributed by atoms with E-state index in [1.165, 1.54) is 24.8 Å². The summed E-state index contributed by atoms with van der Waals surface area (Å²) in [6, 6.07) is 9.01. The number of rotatable bonds is 5. The monoisotopic (exact) mass is 304 g/mol. The molecule has 1 N–H and O–H groups in total. The number of benzene rings is 1. The predicted molar refractivity (Wildman–Crippen MR) is 82.5 cm³/mol. The zero-order valence-corrected chi connectivity index (χ0v) is 13.1. The minimum atomic E-state index is -0.935. The average Bonchev–Trinajstić information content (AvgIpc) is 2.46. The lowest BCUT2D eigenvalue weighted by Gasteiger charge is -2.18. The molecule has 0 heterocycles. The van der Waals surface area contributed by atoms with Gasteiger partial charge >= 0.3 is 5.97 Å². The summed E-state index contributed by atoms with van der Waals surface area (Å²) in [5.41, 5.74) is 0.715. The van der Waals surface area contributed by atoms with E-state index in [1.54, 1.807) is 38.4 Å². The van der Waals surface area contributed by atoms with E-state index in [1.807, 2.05) is 6.07 Å². The number of esters is 1. The molecular weight excluding hydrogens is 284 g/mol. The summed E-state index contributed by atoms with van der Waals surface area (Å²) in [7, 11) is 3.14. The van der Waals surface area contributed by atoms with E-state index in [4.69, 9.17) is 4.74 Å². The Labute approximate surface area is 129 Å². The molecule has 0 fully saturated rings. The summed E-state index contributed by atoms with van der Waals surface area (Å²) in [6.07, 6.45) is 0.562. The van der Waals surface area contributed by atoms with Crippen molar-refractivity contribution in [1.82, 2.24) is 10.2 Å². The predicted octanol–water partition coefficient (Wildman–Crippen LogP) is 1.18. The topological polar surface area (TPSA) is 75.7 Å². The maximum Gasteiger partial charge on any atom is 0.355 e. The summed E-state index contributed by atoms with van der Waals surface area (Å²) in [4.78, 5) is 36.4. The number of amides is 2. The van der Waals surface area contributed by atoms with Gasteiger partial charge < -0.3 is 15.0 Å². The van der Waals surface area contributed by atoms with E-state index in [-0.39, 0.29) is 11.6 Å². The fourth-order valence-electron chi connectivity index (χ4n) is 1.69. The number of carbonyl (C=O) groups excluding carboxylic acids is 3. The molecule has 0 aliphatic heterocycles. The van der Waals surface area contributed by atoms with Crippen LogP contribution in [0.3, 0.4) is 0 Å². The van der Waals surface area contributed by atoms with Gasteiger partial charge in [-0.1, -0.05) is 30.3 Å². The Hall–Kier alpha value is -2.63. The fourth-order valence-corrected chi connectivity index (χ4v) is 1.69. The normalized spacial score (nSPS) is 12.3. The van der Waals surface area contributed by atoms with Gasteiger partial charge in [0.2, 0.25) is 5.91 Å². The van der Waals surface area contributed by atoms with Crippen molar-refractivity contribution >= 4 is 23.9 Å². The number of ether oxygens (including phenoxy) is 1. The van der Waals surface area contributed by atoms with E-state index in [9.17, 15) is 14.4 Å². The van der Waals surface area contributed by atoms with Crippen molar-refractivity contribution < 1.29 is 19.1 Å². The number of hydrogen-bond acceptors (Lipinski definition) is 4. The third-order valence-corrected chi connectivity index (χ3v) is 2.71. The van der Waals surface area contributed by atoms with Crippen molar-refractivity contribution in [1.29, 1.82) is 0 Å². The Bertz CT molecular complexity index is 579. The number of carbonyl (C=O) groups is 3. The fraction of sp³-hybridized carbons (Fsp3) is 0.312. The first-order valence-electron chi connectivity index (χ1n) is 6.77. The Kier molecular flexibility index (Phi) is 6.31. The summed E-state index contributed by atoms with van der Waals surface area (Å²) >= 11 is 0. The summed E-state index contributed by atoms with van der Waals surface area (Å²) in [6.45, 7) is 2.77. The van der Waals surface area contributed by atoms with Crippen molar-refractivity contribution in [2.24, 2.45) is 0 Å². The van der Waals surface area contributed by atoms with Crippen LogP contribution >= 0.6 is 0 Å². The highest BCUT2D eigenvalue weighted by molar-refractivity contribution is 5.98. The highest BCUT2D eigenvalue weighted by atomic mass is 16.5. The van der Waals surface area contributed by atoms with Crippen LogP contribution in [0.4, 0.5) is 0 Å². The third kappa shape index (κ3) is 5.40. The van der Waals surface area contributed by atoms with Crippen molar-refractivity contribution in [3.63, 3.8) is 0 Å².